The fourth-order valence-corrected chi connectivity index (χ4v) is 2.27. The van der Waals surface area contributed by atoms with Crippen molar-refractivity contribution in [2.75, 3.05) is 0 Å². The number of hydrogen-bond acceptors (Lipinski definition) is 1. The van der Waals surface area contributed by atoms with Crippen molar-refractivity contribution in [1.29, 1.82) is 0 Å². The molecule has 1 aromatic rings. The van der Waals surface area contributed by atoms with Gasteiger partial charge in [0.15, 0.2) is 0 Å². The number of hydrogen-bond donors (Lipinski definition) is 1. The third kappa shape index (κ3) is 3.35. The molecule has 1 aliphatic carbocycles. The van der Waals surface area contributed by atoms with Gasteiger partial charge in [0.2, 0.25) is 0 Å². The third-order valence-corrected chi connectivity index (χ3v) is 3.21. The van der Waals surface area contributed by atoms with Crippen LogP contribution in [0.1, 0.15) is 36.8 Å². The van der Waals surface area contributed by atoms with Gasteiger partial charge in [0, 0.05) is 6.04 Å². The molecule has 1 nitrogen and oxygen atoms in total. The summed E-state index contributed by atoms with van der Waals surface area (Å²) in [6.07, 6.45) is 1.63. The summed E-state index contributed by atoms with van der Waals surface area (Å²) in [7, 11) is 0. The number of benzene rings is 1. The zero-order valence-electron chi connectivity index (χ0n) is 10.0. The van der Waals surface area contributed by atoms with Crippen molar-refractivity contribution in [1.82, 2.24) is 0 Å². The van der Waals surface area contributed by atoms with Crippen molar-refractivity contribution in [3.63, 3.8) is 0 Å². The van der Waals surface area contributed by atoms with Gasteiger partial charge in [-0.05, 0) is 43.4 Å². The van der Waals surface area contributed by atoms with E-state index in [0.717, 1.165) is 43.4 Å². The minimum absolute atomic E-state index is 0.194. The van der Waals surface area contributed by atoms with Crippen LogP contribution in [0.25, 0.3) is 6.08 Å². The molecule has 2 rings (SSSR count). The minimum Gasteiger partial charge on any atom is -0.327 e. The van der Waals surface area contributed by atoms with E-state index in [-0.39, 0.29) is 6.04 Å². The molecule has 0 bridgehead atoms. The van der Waals surface area contributed by atoms with E-state index in [1.807, 2.05) is 6.08 Å². The molecule has 1 aliphatic rings. The Morgan fingerprint density at radius 1 is 1.17 bits per heavy atom. The van der Waals surface area contributed by atoms with Crippen LogP contribution in [0.5, 0.6) is 0 Å². The van der Waals surface area contributed by atoms with Gasteiger partial charge in [0.1, 0.15) is 0 Å². The fourth-order valence-electron chi connectivity index (χ4n) is 2.27. The van der Waals surface area contributed by atoms with Crippen molar-refractivity contribution in [3.05, 3.63) is 41.0 Å². The summed E-state index contributed by atoms with van der Waals surface area (Å²) in [4.78, 5) is 0. The summed E-state index contributed by atoms with van der Waals surface area (Å²) < 4.78 is 37.2. The van der Waals surface area contributed by atoms with Crippen molar-refractivity contribution < 1.29 is 13.2 Å². The van der Waals surface area contributed by atoms with Crippen LogP contribution in [0.4, 0.5) is 13.2 Å². The highest BCUT2D eigenvalue weighted by atomic mass is 19.4. The van der Waals surface area contributed by atoms with Crippen molar-refractivity contribution in [2.24, 2.45) is 5.73 Å². The molecule has 0 heterocycles. The Bertz CT molecular complexity index is 431. The van der Waals surface area contributed by atoms with E-state index in [4.69, 9.17) is 5.73 Å². The van der Waals surface area contributed by atoms with Gasteiger partial charge in [-0.3, -0.25) is 0 Å². The Morgan fingerprint density at radius 2 is 1.83 bits per heavy atom. The van der Waals surface area contributed by atoms with E-state index in [0.29, 0.717) is 0 Å². The summed E-state index contributed by atoms with van der Waals surface area (Å²) in [5.41, 5.74) is 7.31. The molecule has 18 heavy (non-hydrogen) atoms. The number of halogens is 3. The molecule has 0 saturated heterocycles. The maximum atomic E-state index is 12.4. The second-order valence-corrected chi connectivity index (χ2v) is 4.78. The van der Waals surface area contributed by atoms with Gasteiger partial charge in [0.25, 0.3) is 0 Å². The van der Waals surface area contributed by atoms with Gasteiger partial charge in [-0.1, -0.05) is 23.8 Å². The van der Waals surface area contributed by atoms with Crippen LogP contribution >= 0.6 is 0 Å². The molecule has 0 aliphatic heterocycles. The summed E-state index contributed by atoms with van der Waals surface area (Å²) in [6, 6.07) is 5.45. The molecule has 0 aromatic heterocycles. The standard InChI is InChI=1S/C14H16F3N/c15-14(16,17)12-6-4-10(5-7-12)8-11-2-1-3-13(18)9-11/h4-8,13H,1-3,9,18H2. The lowest BCUT2D eigenvalue weighted by atomic mass is 9.90. The Labute approximate surface area is 104 Å². The van der Waals surface area contributed by atoms with Gasteiger partial charge in [0.05, 0.1) is 5.56 Å². The van der Waals surface area contributed by atoms with Crippen LogP contribution in [0.2, 0.25) is 0 Å². The SMILES string of the molecule is NC1CCCC(=Cc2ccc(C(F)(F)F)cc2)C1. The first-order valence-electron chi connectivity index (χ1n) is 6.07. The van der Waals surface area contributed by atoms with Crippen LogP contribution in [0, 0.1) is 0 Å². The van der Waals surface area contributed by atoms with Gasteiger partial charge in [-0.15, -0.1) is 0 Å². The molecule has 1 saturated carbocycles. The first kappa shape index (κ1) is 13.1. The highest BCUT2D eigenvalue weighted by Gasteiger charge is 2.29. The molecule has 0 spiro atoms. The molecular formula is C14H16F3N. The molecule has 1 fully saturated rings. The van der Waals surface area contributed by atoms with Crippen molar-refractivity contribution in [2.45, 2.75) is 37.9 Å². The normalized spacial score (nSPS) is 23.3. The quantitative estimate of drug-likeness (QED) is 0.806. The molecule has 98 valence electrons. The van der Waals surface area contributed by atoms with E-state index in [1.165, 1.54) is 17.7 Å². The Morgan fingerprint density at radius 3 is 2.39 bits per heavy atom. The summed E-state index contributed by atoms with van der Waals surface area (Å²) in [6.45, 7) is 0. The maximum absolute atomic E-state index is 12.4. The highest BCUT2D eigenvalue weighted by Crippen LogP contribution is 2.30. The lowest BCUT2D eigenvalue weighted by Crippen LogP contribution is -2.23. The molecule has 0 amide bonds. The monoisotopic (exact) mass is 255 g/mol. The number of alkyl halides is 3. The summed E-state index contributed by atoms with van der Waals surface area (Å²) in [5.74, 6) is 0. The van der Waals surface area contributed by atoms with E-state index in [2.05, 4.69) is 0 Å². The van der Waals surface area contributed by atoms with Crippen molar-refractivity contribution in [3.8, 4) is 0 Å². The van der Waals surface area contributed by atoms with Crippen LogP contribution in [-0.4, -0.2) is 6.04 Å². The maximum Gasteiger partial charge on any atom is 0.416 e. The molecule has 2 N–H and O–H groups in total. The van der Waals surface area contributed by atoms with Gasteiger partial charge >= 0.3 is 6.18 Å². The predicted molar refractivity (Wildman–Crippen MR) is 65.9 cm³/mol. The molecule has 1 atom stereocenters. The van der Waals surface area contributed by atoms with Gasteiger partial charge in [-0.2, -0.15) is 13.2 Å². The third-order valence-electron chi connectivity index (χ3n) is 3.21. The Hall–Kier alpha value is -1.29. The van der Waals surface area contributed by atoms with Crippen molar-refractivity contribution >= 4 is 6.08 Å². The number of nitrogens with two attached hydrogens (primary N) is 1. The summed E-state index contributed by atoms with van der Waals surface area (Å²) >= 11 is 0. The van der Waals surface area contributed by atoms with Gasteiger partial charge < -0.3 is 5.73 Å². The second kappa shape index (κ2) is 5.14. The van der Waals surface area contributed by atoms with E-state index in [1.54, 1.807) is 0 Å². The molecule has 4 heteroatoms. The zero-order chi connectivity index (χ0) is 13.2. The predicted octanol–water partition coefficient (Wildman–Crippen LogP) is 3.99. The molecular weight excluding hydrogens is 239 g/mol. The zero-order valence-corrected chi connectivity index (χ0v) is 10.0. The fraction of sp³-hybridized carbons (Fsp3) is 0.429. The van der Waals surface area contributed by atoms with E-state index >= 15 is 0 Å². The van der Waals surface area contributed by atoms with E-state index in [9.17, 15) is 13.2 Å². The van der Waals surface area contributed by atoms with Crippen LogP contribution in [0.15, 0.2) is 29.8 Å². The van der Waals surface area contributed by atoms with Gasteiger partial charge in [-0.25, -0.2) is 0 Å². The lowest BCUT2D eigenvalue weighted by Gasteiger charge is -2.20. The smallest absolute Gasteiger partial charge is 0.327 e. The van der Waals surface area contributed by atoms with Crippen LogP contribution in [0.3, 0.4) is 0 Å². The topological polar surface area (TPSA) is 26.0 Å². The second-order valence-electron chi connectivity index (χ2n) is 4.78. The van der Waals surface area contributed by atoms with Crippen LogP contribution in [-0.2, 0) is 6.18 Å². The highest BCUT2D eigenvalue weighted by molar-refractivity contribution is 5.53. The largest absolute Gasteiger partial charge is 0.416 e. The summed E-state index contributed by atoms with van der Waals surface area (Å²) in [5, 5.41) is 0. The minimum atomic E-state index is -4.27. The molecule has 1 unspecified atom stereocenters. The van der Waals surface area contributed by atoms with Crippen LogP contribution < -0.4 is 5.73 Å². The number of rotatable bonds is 1. The molecule has 1 aromatic carbocycles. The average molecular weight is 255 g/mol. The van der Waals surface area contributed by atoms with E-state index < -0.39 is 11.7 Å². The Balaban J connectivity index is 2.13. The first-order chi connectivity index (χ1) is 8.45. The lowest BCUT2D eigenvalue weighted by molar-refractivity contribution is -0.137. The first-order valence-corrected chi connectivity index (χ1v) is 6.07. The molecule has 0 radical (unpaired) electrons. The Kier molecular flexibility index (Phi) is 3.76. The average Bonchev–Trinajstić information content (AvgIpc) is 2.28.